The van der Waals surface area contributed by atoms with Crippen molar-refractivity contribution in [3.8, 4) is 0 Å². The summed E-state index contributed by atoms with van der Waals surface area (Å²) in [4.78, 5) is 25.4. The number of rotatable bonds is 6. The van der Waals surface area contributed by atoms with Gasteiger partial charge in [0.15, 0.2) is 5.69 Å². The van der Waals surface area contributed by atoms with Gasteiger partial charge in [-0.15, -0.1) is 6.58 Å². The van der Waals surface area contributed by atoms with E-state index >= 15 is 0 Å². The van der Waals surface area contributed by atoms with Crippen molar-refractivity contribution in [2.24, 2.45) is 0 Å². The van der Waals surface area contributed by atoms with E-state index in [1.165, 1.54) is 0 Å². The number of nitrogens with zero attached hydrogens (tertiary/aromatic N) is 3. The van der Waals surface area contributed by atoms with Gasteiger partial charge in [0.25, 0.3) is 0 Å². The molecule has 148 valence electrons. The van der Waals surface area contributed by atoms with Gasteiger partial charge in [0.05, 0.1) is 6.54 Å². The van der Waals surface area contributed by atoms with Gasteiger partial charge in [-0.1, -0.05) is 6.08 Å². The molecule has 1 aromatic rings. The maximum atomic E-state index is 11.9. The fourth-order valence-electron chi connectivity index (χ4n) is 4.12. The standard InChI is InChI=1S/C19H29N5O3/c1-3-9-24-16-6-5-14(12-15(16)17(22-24)18(25)26)21-13-7-10-23(11-8-13)19(27)20-4-2/h3,13-14,21H,1,4-12H2,2H3,(H,20,27)(H,25,26)/t14-/m1/s1. The molecule has 0 aromatic carbocycles. The second kappa shape index (κ2) is 8.56. The summed E-state index contributed by atoms with van der Waals surface area (Å²) in [7, 11) is 0. The number of likely N-dealkylation sites (tertiary alicyclic amines) is 1. The van der Waals surface area contributed by atoms with Crippen molar-refractivity contribution in [3.05, 3.63) is 29.6 Å². The molecule has 8 heteroatoms. The number of hydrogen-bond acceptors (Lipinski definition) is 4. The van der Waals surface area contributed by atoms with Gasteiger partial charge in [0.2, 0.25) is 0 Å². The lowest BCUT2D eigenvalue weighted by Crippen LogP contribution is -2.51. The normalized spacial score (nSPS) is 20.2. The molecule has 27 heavy (non-hydrogen) atoms. The minimum atomic E-state index is -0.968. The van der Waals surface area contributed by atoms with E-state index in [2.05, 4.69) is 22.3 Å². The minimum Gasteiger partial charge on any atom is -0.476 e. The molecular formula is C19H29N5O3. The van der Waals surface area contributed by atoms with Crippen LogP contribution in [-0.4, -0.2) is 63.5 Å². The van der Waals surface area contributed by atoms with Gasteiger partial charge in [-0.25, -0.2) is 9.59 Å². The molecule has 1 aliphatic heterocycles. The number of aromatic carboxylic acids is 1. The molecule has 1 aromatic heterocycles. The maximum absolute atomic E-state index is 11.9. The van der Waals surface area contributed by atoms with E-state index in [1.54, 1.807) is 10.8 Å². The molecule has 2 heterocycles. The van der Waals surface area contributed by atoms with Crippen molar-refractivity contribution in [1.29, 1.82) is 0 Å². The van der Waals surface area contributed by atoms with Crippen molar-refractivity contribution in [2.45, 2.75) is 57.7 Å². The lowest BCUT2D eigenvalue weighted by Gasteiger charge is -2.35. The SMILES string of the molecule is C=CCn1nc(C(=O)O)c2c1CC[C@@H](NC1CCN(C(=O)NCC)CC1)C2. The molecule has 8 nitrogen and oxygen atoms in total. The summed E-state index contributed by atoms with van der Waals surface area (Å²) in [6, 6.07) is 0.621. The Labute approximate surface area is 159 Å². The first-order valence-corrected chi connectivity index (χ1v) is 9.75. The average molecular weight is 375 g/mol. The fourth-order valence-corrected chi connectivity index (χ4v) is 4.12. The van der Waals surface area contributed by atoms with Crippen molar-refractivity contribution >= 4 is 12.0 Å². The van der Waals surface area contributed by atoms with Crippen molar-refractivity contribution in [3.63, 3.8) is 0 Å². The third-order valence-corrected chi connectivity index (χ3v) is 5.43. The molecule has 2 aliphatic rings. The first-order valence-electron chi connectivity index (χ1n) is 9.75. The summed E-state index contributed by atoms with van der Waals surface area (Å²) < 4.78 is 1.77. The van der Waals surface area contributed by atoms with Crippen LogP contribution in [0.2, 0.25) is 0 Å². The Morgan fingerprint density at radius 3 is 2.67 bits per heavy atom. The molecule has 1 aliphatic carbocycles. The molecule has 0 spiro atoms. The summed E-state index contributed by atoms with van der Waals surface area (Å²) in [6.45, 7) is 8.33. The predicted molar refractivity (Wildman–Crippen MR) is 102 cm³/mol. The summed E-state index contributed by atoms with van der Waals surface area (Å²) in [5.74, 6) is -0.968. The summed E-state index contributed by atoms with van der Waals surface area (Å²) >= 11 is 0. The molecule has 3 rings (SSSR count). The van der Waals surface area contributed by atoms with Gasteiger partial charge in [-0.2, -0.15) is 5.10 Å². The van der Waals surface area contributed by atoms with Crippen LogP contribution in [0, 0.1) is 0 Å². The highest BCUT2D eigenvalue weighted by Crippen LogP contribution is 2.26. The first kappa shape index (κ1) is 19.4. The number of hydrogen-bond donors (Lipinski definition) is 3. The number of carbonyl (C=O) groups is 2. The zero-order chi connectivity index (χ0) is 19.4. The summed E-state index contributed by atoms with van der Waals surface area (Å²) in [5.41, 5.74) is 2.05. The van der Waals surface area contributed by atoms with E-state index in [0.717, 1.165) is 50.0 Å². The van der Waals surface area contributed by atoms with Crippen molar-refractivity contribution < 1.29 is 14.7 Å². The monoisotopic (exact) mass is 375 g/mol. The Kier molecular flexibility index (Phi) is 6.15. The number of carboxylic acid groups (broad SMARTS) is 1. The lowest BCUT2D eigenvalue weighted by atomic mass is 9.90. The van der Waals surface area contributed by atoms with Crippen molar-refractivity contribution in [1.82, 2.24) is 25.3 Å². The van der Waals surface area contributed by atoms with Gasteiger partial charge in [0.1, 0.15) is 0 Å². The van der Waals surface area contributed by atoms with Gasteiger partial charge in [-0.3, -0.25) is 4.68 Å². The molecule has 0 bridgehead atoms. The van der Waals surface area contributed by atoms with E-state index in [0.29, 0.717) is 25.6 Å². The van der Waals surface area contributed by atoms with Crippen LogP contribution in [-0.2, 0) is 19.4 Å². The lowest BCUT2D eigenvalue weighted by molar-refractivity contribution is 0.0688. The Balaban J connectivity index is 1.60. The molecule has 1 saturated heterocycles. The smallest absolute Gasteiger partial charge is 0.356 e. The number of aromatic nitrogens is 2. The van der Waals surface area contributed by atoms with Crippen LogP contribution in [0.25, 0.3) is 0 Å². The highest BCUT2D eigenvalue weighted by molar-refractivity contribution is 5.87. The minimum absolute atomic E-state index is 0.0130. The number of carboxylic acids is 1. The van der Waals surface area contributed by atoms with Crippen LogP contribution in [0.15, 0.2) is 12.7 Å². The van der Waals surface area contributed by atoms with Gasteiger partial charge in [-0.05, 0) is 39.0 Å². The number of amides is 2. The van der Waals surface area contributed by atoms with Crippen LogP contribution in [0.3, 0.4) is 0 Å². The summed E-state index contributed by atoms with van der Waals surface area (Å²) in [5, 5.41) is 20.3. The van der Waals surface area contributed by atoms with Crippen LogP contribution >= 0.6 is 0 Å². The van der Waals surface area contributed by atoms with E-state index in [1.807, 2.05) is 11.8 Å². The molecular weight excluding hydrogens is 346 g/mol. The molecule has 0 unspecified atom stereocenters. The molecule has 0 saturated carbocycles. The Hall–Kier alpha value is -2.35. The van der Waals surface area contributed by atoms with E-state index < -0.39 is 5.97 Å². The second-order valence-corrected chi connectivity index (χ2v) is 7.25. The Bertz CT molecular complexity index is 706. The third-order valence-electron chi connectivity index (χ3n) is 5.43. The van der Waals surface area contributed by atoms with E-state index in [4.69, 9.17) is 0 Å². The van der Waals surface area contributed by atoms with Gasteiger partial charge in [0, 0.05) is 43.0 Å². The van der Waals surface area contributed by atoms with Crippen LogP contribution in [0.5, 0.6) is 0 Å². The largest absolute Gasteiger partial charge is 0.476 e. The number of allylic oxidation sites excluding steroid dienone is 1. The molecule has 3 N–H and O–H groups in total. The van der Waals surface area contributed by atoms with Gasteiger partial charge < -0.3 is 20.6 Å². The fraction of sp³-hybridized carbons (Fsp3) is 0.632. The average Bonchev–Trinajstić information content (AvgIpc) is 3.01. The van der Waals surface area contributed by atoms with Crippen LogP contribution in [0.1, 0.15) is 47.9 Å². The van der Waals surface area contributed by atoms with E-state index in [-0.39, 0.29) is 17.8 Å². The Morgan fingerprint density at radius 1 is 1.30 bits per heavy atom. The third kappa shape index (κ3) is 4.32. The zero-order valence-electron chi connectivity index (χ0n) is 15.9. The quantitative estimate of drug-likeness (QED) is 0.653. The second-order valence-electron chi connectivity index (χ2n) is 7.25. The van der Waals surface area contributed by atoms with Gasteiger partial charge >= 0.3 is 12.0 Å². The molecule has 1 atom stereocenters. The van der Waals surface area contributed by atoms with Crippen LogP contribution < -0.4 is 10.6 Å². The molecule has 2 amide bonds. The summed E-state index contributed by atoms with van der Waals surface area (Å²) in [6.07, 6.45) is 6.05. The predicted octanol–water partition coefficient (Wildman–Crippen LogP) is 1.41. The first-order chi connectivity index (χ1) is 13.0. The number of piperidine rings is 1. The van der Waals surface area contributed by atoms with Crippen LogP contribution in [0.4, 0.5) is 4.79 Å². The maximum Gasteiger partial charge on any atom is 0.356 e. The zero-order valence-corrected chi connectivity index (χ0v) is 15.9. The number of nitrogens with one attached hydrogen (secondary N) is 2. The molecule has 0 radical (unpaired) electrons. The molecule has 1 fully saturated rings. The highest BCUT2D eigenvalue weighted by Gasteiger charge is 2.31. The Morgan fingerprint density at radius 2 is 2.04 bits per heavy atom. The highest BCUT2D eigenvalue weighted by atomic mass is 16.4. The topological polar surface area (TPSA) is 99.5 Å². The number of fused-ring (bicyclic) bond motifs is 1. The van der Waals surface area contributed by atoms with E-state index in [9.17, 15) is 14.7 Å². The van der Waals surface area contributed by atoms with Crippen molar-refractivity contribution in [2.75, 3.05) is 19.6 Å². The number of urea groups is 1. The number of carbonyl (C=O) groups excluding carboxylic acids is 1.